The molecule has 0 radical (unpaired) electrons. The third-order valence-corrected chi connectivity index (χ3v) is 2.35. The third-order valence-electron chi connectivity index (χ3n) is 2.35. The van der Waals surface area contributed by atoms with Crippen molar-refractivity contribution in [2.24, 2.45) is 5.73 Å². The van der Waals surface area contributed by atoms with E-state index in [2.05, 4.69) is 0 Å². The van der Waals surface area contributed by atoms with Crippen LogP contribution in [0.2, 0.25) is 0 Å². The third kappa shape index (κ3) is 2.47. The van der Waals surface area contributed by atoms with Crippen LogP contribution in [-0.2, 0) is 6.42 Å². The van der Waals surface area contributed by atoms with Crippen LogP contribution >= 0.6 is 0 Å². The first-order valence-electron chi connectivity index (χ1n) is 4.87. The molecule has 78 valence electrons. The summed E-state index contributed by atoms with van der Waals surface area (Å²) in [5.41, 5.74) is 7.95. The zero-order chi connectivity index (χ0) is 10.6. The van der Waals surface area contributed by atoms with Gasteiger partial charge < -0.3 is 15.9 Å². The lowest BCUT2D eigenvalue weighted by atomic mass is 9.97. The van der Waals surface area contributed by atoms with Crippen molar-refractivity contribution in [2.45, 2.75) is 25.8 Å². The first-order chi connectivity index (χ1) is 6.69. The number of aliphatic hydroxyl groups excluding tert-OH is 1. The summed E-state index contributed by atoms with van der Waals surface area (Å²) in [6.07, 6.45) is 1.39. The molecule has 0 aromatic heterocycles. The molecule has 0 fully saturated rings. The molecular formula is C11H17NO2. The van der Waals surface area contributed by atoms with Crippen molar-refractivity contribution >= 4 is 0 Å². The maximum absolute atomic E-state index is 9.29. The van der Waals surface area contributed by atoms with E-state index in [0.29, 0.717) is 6.42 Å². The Balaban J connectivity index is 2.95. The molecule has 0 unspecified atom stereocenters. The second-order valence-corrected chi connectivity index (χ2v) is 3.36. The van der Waals surface area contributed by atoms with Crippen molar-refractivity contribution in [3.05, 3.63) is 29.3 Å². The lowest BCUT2D eigenvalue weighted by Crippen LogP contribution is -2.13. The summed E-state index contributed by atoms with van der Waals surface area (Å²) in [6, 6.07) is 5.04. The van der Waals surface area contributed by atoms with Crippen molar-refractivity contribution in [2.75, 3.05) is 6.61 Å². The fraction of sp³-hybridized carbons (Fsp3) is 0.455. The quantitative estimate of drug-likeness (QED) is 0.679. The average molecular weight is 195 g/mol. The minimum Gasteiger partial charge on any atom is -0.508 e. The number of benzene rings is 1. The van der Waals surface area contributed by atoms with E-state index < -0.39 is 0 Å². The molecule has 0 amide bonds. The first kappa shape index (κ1) is 11.0. The molecule has 0 aliphatic rings. The summed E-state index contributed by atoms with van der Waals surface area (Å²) >= 11 is 0. The zero-order valence-electron chi connectivity index (χ0n) is 8.40. The van der Waals surface area contributed by atoms with Crippen LogP contribution in [0, 0.1) is 0 Å². The van der Waals surface area contributed by atoms with Gasteiger partial charge >= 0.3 is 0 Å². The largest absolute Gasteiger partial charge is 0.508 e. The summed E-state index contributed by atoms with van der Waals surface area (Å²) in [5, 5.41) is 18.1. The van der Waals surface area contributed by atoms with Crippen LogP contribution in [0.5, 0.6) is 5.75 Å². The SMILES string of the molecule is CCc1cc(O)ccc1[C@H](N)CCO. The van der Waals surface area contributed by atoms with E-state index in [9.17, 15) is 5.11 Å². The molecule has 0 aliphatic heterocycles. The van der Waals surface area contributed by atoms with Crippen LogP contribution in [0.1, 0.15) is 30.5 Å². The Bertz CT molecular complexity index is 299. The number of hydrogen-bond donors (Lipinski definition) is 3. The van der Waals surface area contributed by atoms with Gasteiger partial charge in [-0.25, -0.2) is 0 Å². The van der Waals surface area contributed by atoms with Crippen LogP contribution in [0.15, 0.2) is 18.2 Å². The number of aryl methyl sites for hydroxylation is 1. The highest BCUT2D eigenvalue weighted by Crippen LogP contribution is 2.23. The van der Waals surface area contributed by atoms with Crippen molar-refractivity contribution in [1.82, 2.24) is 0 Å². The molecule has 3 nitrogen and oxygen atoms in total. The number of rotatable bonds is 4. The Labute approximate surface area is 84.2 Å². The molecular weight excluding hydrogens is 178 g/mol. The zero-order valence-corrected chi connectivity index (χ0v) is 8.40. The normalized spacial score (nSPS) is 12.8. The molecule has 1 aromatic carbocycles. The number of aromatic hydroxyl groups is 1. The van der Waals surface area contributed by atoms with Crippen LogP contribution in [0.3, 0.4) is 0 Å². The van der Waals surface area contributed by atoms with E-state index in [0.717, 1.165) is 17.5 Å². The predicted octanol–water partition coefficient (Wildman–Crippen LogP) is 1.34. The van der Waals surface area contributed by atoms with E-state index >= 15 is 0 Å². The first-order valence-corrected chi connectivity index (χ1v) is 4.87. The Morgan fingerprint density at radius 3 is 2.71 bits per heavy atom. The molecule has 1 rings (SSSR count). The van der Waals surface area contributed by atoms with Gasteiger partial charge in [-0.05, 0) is 36.1 Å². The van der Waals surface area contributed by atoms with Crippen molar-refractivity contribution in [3.8, 4) is 5.75 Å². The molecule has 0 aliphatic carbocycles. The molecule has 0 heterocycles. The molecule has 4 N–H and O–H groups in total. The van der Waals surface area contributed by atoms with Crippen LogP contribution in [0.4, 0.5) is 0 Å². The minimum atomic E-state index is -0.143. The van der Waals surface area contributed by atoms with E-state index in [-0.39, 0.29) is 18.4 Å². The Hall–Kier alpha value is -1.06. The average Bonchev–Trinajstić information content (AvgIpc) is 2.17. The number of nitrogens with two attached hydrogens (primary N) is 1. The van der Waals surface area contributed by atoms with Gasteiger partial charge in [0.05, 0.1) is 0 Å². The van der Waals surface area contributed by atoms with Gasteiger partial charge in [-0.2, -0.15) is 0 Å². The van der Waals surface area contributed by atoms with Crippen LogP contribution < -0.4 is 5.73 Å². The Kier molecular flexibility index (Phi) is 3.92. The second-order valence-electron chi connectivity index (χ2n) is 3.36. The lowest BCUT2D eigenvalue weighted by Gasteiger charge is -2.14. The maximum atomic E-state index is 9.29. The highest BCUT2D eigenvalue weighted by molar-refractivity contribution is 5.36. The van der Waals surface area contributed by atoms with Gasteiger partial charge in [-0.15, -0.1) is 0 Å². The monoisotopic (exact) mass is 195 g/mol. The van der Waals surface area contributed by atoms with Crippen molar-refractivity contribution in [3.63, 3.8) is 0 Å². The van der Waals surface area contributed by atoms with E-state index in [1.165, 1.54) is 0 Å². The molecule has 0 spiro atoms. The van der Waals surface area contributed by atoms with Gasteiger partial charge in [0.1, 0.15) is 5.75 Å². The highest BCUT2D eigenvalue weighted by Gasteiger charge is 2.09. The van der Waals surface area contributed by atoms with Gasteiger partial charge in [0.2, 0.25) is 0 Å². The summed E-state index contributed by atoms with van der Waals surface area (Å²) in [5.74, 6) is 0.266. The van der Waals surface area contributed by atoms with E-state index in [4.69, 9.17) is 10.8 Å². The van der Waals surface area contributed by atoms with Crippen molar-refractivity contribution in [1.29, 1.82) is 0 Å². The van der Waals surface area contributed by atoms with Gasteiger partial charge in [0.15, 0.2) is 0 Å². The molecule has 3 heteroatoms. The van der Waals surface area contributed by atoms with E-state index in [1.807, 2.05) is 13.0 Å². The highest BCUT2D eigenvalue weighted by atomic mass is 16.3. The molecule has 1 aromatic rings. The number of phenols is 1. The molecule has 1 atom stereocenters. The summed E-state index contributed by atoms with van der Waals surface area (Å²) in [7, 11) is 0. The summed E-state index contributed by atoms with van der Waals surface area (Å²) < 4.78 is 0. The van der Waals surface area contributed by atoms with E-state index in [1.54, 1.807) is 12.1 Å². The van der Waals surface area contributed by atoms with Gasteiger partial charge in [-0.3, -0.25) is 0 Å². The molecule has 14 heavy (non-hydrogen) atoms. The maximum Gasteiger partial charge on any atom is 0.115 e. The standard InChI is InChI=1S/C11H17NO2/c1-2-8-7-9(14)3-4-10(8)11(12)5-6-13/h3-4,7,11,13-14H,2,5-6,12H2,1H3/t11-/m1/s1. The van der Waals surface area contributed by atoms with Crippen LogP contribution in [0.25, 0.3) is 0 Å². The van der Waals surface area contributed by atoms with Crippen LogP contribution in [-0.4, -0.2) is 16.8 Å². The molecule has 0 saturated heterocycles. The Morgan fingerprint density at radius 1 is 1.43 bits per heavy atom. The predicted molar refractivity (Wildman–Crippen MR) is 56.1 cm³/mol. The van der Waals surface area contributed by atoms with Crippen molar-refractivity contribution < 1.29 is 10.2 Å². The molecule has 0 bridgehead atoms. The fourth-order valence-corrected chi connectivity index (χ4v) is 1.55. The summed E-state index contributed by atoms with van der Waals surface area (Å²) in [6.45, 7) is 2.11. The second kappa shape index (κ2) is 4.98. The molecule has 0 saturated carbocycles. The van der Waals surface area contributed by atoms with Gasteiger partial charge in [0, 0.05) is 12.6 Å². The fourth-order valence-electron chi connectivity index (χ4n) is 1.55. The lowest BCUT2D eigenvalue weighted by molar-refractivity contribution is 0.276. The number of hydrogen-bond acceptors (Lipinski definition) is 3. The van der Waals surface area contributed by atoms with Gasteiger partial charge in [0.25, 0.3) is 0 Å². The Morgan fingerprint density at radius 2 is 2.14 bits per heavy atom. The summed E-state index contributed by atoms with van der Waals surface area (Å²) in [4.78, 5) is 0. The number of phenolic OH excluding ortho intramolecular Hbond substituents is 1. The minimum absolute atomic E-state index is 0.0885. The topological polar surface area (TPSA) is 66.5 Å². The number of aliphatic hydroxyl groups is 1. The van der Waals surface area contributed by atoms with Gasteiger partial charge in [-0.1, -0.05) is 13.0 Å². The smallest absolute Gasteiger partial charge is 0.115 e.